The van der Waals surface area contributed by atoms with E-state index >= 15 is 0 Å². The van der Waals surface area contributed by atoms with E-state index in [0.717, 1.165) is 56.5 Å². The molecule has 2 aliphatic heterocycles. The van der Waals surface area contributed by atoms with Crippen LogP contribution in [-0.4, -0.2) is 68.8 Å². The van der Waals surface area contributed by atoms with Gasteiger partial charge in [-0.15, -0.1) is 0 Å². The number of rotatable bonds is 4. The van der Waals surface area contributed by atoms with Crippen LogP contribution in [0.2, 0.25) is 0 Å². The molecule has 7 nitrogen and oxygen atoms in total. The van der Waals surface area contributed by atoms with Gasteiger partial charge in [-0.3, -0.25) is 14.3 Å². The summed E-state index contributed by atoms with van der Waals surface area (Å²) >= 11 is 0. The van der Waals surface area contributed by atoms with E-state index in [1.54, 1.807) is 4.68 Å². The van der Waals surface area contributed by atoms with Gasteiger partial charge in [0, 0.05) is 37.4 Å². The summed E-state index contributed by atoms with van der Waals surface area (Å²) in [6.07, 6.45) is 4.93. The molecule has 2 saturated heterocycles. The number of nitrogens with zero attached hydrogens (tertiary/aromatic N) is 4. The highest BCUT2D eigenvalue weighted by Gasteiger charge is 2.34. The number of carbonyl (C=O) groups excluding carboxylic acids is 2. The SMILES string of the molecule is Cc1cccc(C2CCN(C(=O)Cn3nc(C(=O)N4CC[C@@H](O)[C@H](C)C4)c4c3CCC4)CC2)c1C. The molecule has 2 fully saturated rings. The standard InChI is InChI=1S/C28H38N4O3/c1-18-6-4-7-22(20(18)3)21-10-13-30(14-11-21)26(34)17-32-24-9-5-8-23(24)27(29-32)28(35)31-15-12-25(33)19(2)16-31/h4,6-7,19,21,25,33H,5,8-17H2,1-3H3/t19-,25-/m1/s1. The van der Waals surface area contributed by atoms with E-state index in [-0.39, 0.29) is 30.4 Å². The molecule has 2 atom stereocenters. The first-order valence-electron chi connectivity index (χ1n) is 13.2. The van der Waals surface area contributed by atoms with Crippen LogP contribution >= 0.6 is 0 Å². The van der Waals surface area contributed by atoms with Crippen LogP contribution in [0.5, 0.6) is 0 Å². The summed E-state index contributed by atoms with van der Waals surface area (Å²) in [6, 6.07) is 6.53. The number of aryl methyl sites for hydroxylation is 1. The number of hydrogen-bond donors (Lipinski definition) is 1. The molecule has 0 unspecified atom stereocenters. The molecule has 1 aromatic carbocycles. The molecular weight excluding hydrogens is 440 g/mol. The summed E-state index contributed by atoms with van der Waals surface area (Å²) < 4.78 is 1.80. The third-order valence-electron chi connectivity index (χ3n) is 8.58. The third kappa shape index (κ3) is 4.63. The molecule has 1 aliphatic carbocycles. The summed E-state index contributed by atoms with van der Waals surface area (Å²) in [7, 11) is 0. The van der Waals surface area contributed by atoms with Crippen molar-refractivity contribution < 1.29 is 14.7 Å². The van der Waals surface area contributed by atoms with E-state index in [1.807, 2.05) is 16.7 Å². The number of amides is 2. The largest absolute Gasteiger partial charge is 0.393 e. The minimum atomic E-state index is -0.348. The van der Waals surface area contributed by atoms with Crippen molar-refractivity contribution in [1.29, 1.82) is 0 Å². The summed E-state index contributed by atoms with van der Waals surface area (Å²) in [6.45, 7) is 9.19. The van der Waals surface area contributed by atoms with Crippen molar-refractivity contribution in [2.24, 2.45) is 5.92 Å². The summed E-state index contributed by atoms with van der Waals surface area (Å²) in [5.74, 6) is 0.608. The monoisotopic (exact) mass is 478 g/mol. The number of aliphatic hydroxyl groups is 1. The molecule has 35 heavy (non-hydrogen) atoms. The topological polar surface area (TPSA) is 78.7 Å². The molecule has 7 heteroatoms. The fourth-order valence-corrected chi connectivity index (χ4v) is 6.16. The van der Waals surface area contributed by atoms with Crippen molar-refractivity contribution >= 4 is 11.8 Å². The van der Waals surface area contributed by atoms with E-state index < -0.39 is 0 Å². The fourth-order valence-electron chi connectivity index (χ4n) is 6.16. The lowest BCUT2D eigenvalue weighted by Crippen LogP contribution is -2.45. The number of aromatic nitrogens is 2. The Bertz CT molecular complexity index is 1120. The predicted octanol–water partition coefficient (Wildman–Crippen LogP) is 3.24. The average molecular weight is 479 g/mol. The minimum absolute atomic E-state index is 0.0533. The number of piperidine rings is 2. The lowest BCUT2D eigenvalue weighted by molar-refractivity contribution is -0.133. The zero-order valence-electron chi connectivity index (χ0n) is 21.3. The highest BCUT2D eigenvalue weighted by molar-refractivity contribution is 5.94. The van der Waals surface area contributed by atoms with Crippen LogP contribution in [0.25, 0.3) is 0 Å². The molecule has 3 aliphatic rings. The van der Waals surface area contributed by atoms with E-state index in [0.29, 0.717) is 31.1 Å². The minimum Gasteiger partial charge on any atom is -0.393 e. The van der Waals surface area contributed by atoms with Crippen molar-refractivity contribution in [3.8, 4) is 0 Å². The molecule has 2 aromatic rings. The Hall–Kier alpha value is -2.67. The van der Waals surface area contributed by atoms with E-state index in [2.05, 4.69) is 37.1 Å². The Labute approximate surface area is 208 Å². The molecule has 1 N–H and O–H groups in total. The van der Waals surface area contributed by atoms with Crippen LogP contribution in [-0.2, 0) is 24.2 Å². The van der Waals surface area contributed by atoms with Crippen LogP contribution in [0.4, 0.5) is 0 Å². The maximum Gasteiger partial charge on any atom is 0.274 e. The molecule has 0 bridgehead atoms. The molecular formula is C28H38N4O3. The first-order valence-corrected chi connectivity index (χ1v) is 13.2. The van der Waals surface area contributed by atoms with Crippen molar-refractivity contribution in [3.05, 3.63) is 51.8 Å². The maximum atomic E-state index is 13.3. The highest BCUT2D eigenvalue weighted by Crippen LogP contribution is 2.32. The predicted molar refractivity (Wildman–Crippen MR) is 134 cm³/mol. The molecule has 188 valence electrons. The van der Waals surface area contributed by atoms with Gasteiger partial charge in [-0.25, -0.2) is 0 Å². The maximum absolute atomic E-state index is 13.3. The summed E-state index contributed by atoms with van der Waals surface area (Å²) in [4.78, 5) is 30.3. The van der Waals surface area contributed by atoms with E-state index in [1.165, 1.54) is 16.7 Å². The van der Waals surface area contributed by atoms with Gasteiger partial charge >= 0.3 is 0 Å². The summed E-state index contributed by atoms with van der Waals surface area (Å²) in [5.41, 5.74) is 6.72. The van der Waals surface area contributed by atoms with Crippen LogP contribution in [0.1, 0.15) is 77.0 Å². The van der Waals surface area contributed by atoms with Crippen LogP contribution in [0, 0.1) is 19.8 Å². The lowest BCUT2D eigenvalue weighted by atomic mass is 9.85. The van der Waals surface area contributed by atoms with Crippen LogP contribution in [0.15, 0.2) is 18.2 Å². The Morgan fingerprint density at radius 1 is 1.06 bits per heavy atom. The van der Waals surface area contributed by atoms with Crippen molar-refractivity contribution in [2.45, 2.75) is 77.9 Å². The molecule has 0 spiro atoms. The van der Waals surface area contributed by atoms with E-state index in [4.69, 9.17) is 0 Å². The number of likely N-dealkylation sites (tertiary alicyclic amines) is 2. The van der Waals surface area contributed by atoms with Gasteiger partial charge in [0.1, 0.15) is 6.54 Å². The van der Waals surface area contributed by atoms with Gasteiger partial charge in [-0.2, -0.15) is 5.10 Å². The number of benzene rings is 1. The van der Waals surface area contributed by atoms with Crippen molar-refractivity contribution in [2.75, 3.05) is 26.2 Å². The zero-order chi connectivity index (χ0) is 24.7. The van der Waals surface area contributed by atoms with Gasteiger partial charge in [-0.05, 0) is 80.9 Å². The first kappa shape index (κ1) is 24.0. The van der Waals surface area contributed by atoms with Gasteiger partial charge in [-0.1, -0.05) is 25.1 Å². The highest BCUT2D eigenvalue weighted by atomic mass is 16.3. The van der Waals surface area contributed by atoms with Gasteiger partial charge in [0.15, 0.2) is 5.69 Å². The second-order valence-electron chi connectivity index (χ2n) is 10.8. The quantitative estimate of drug-likeness (QED) is 0.732. The summed E-state index contributed by atoms with van der Waals surface area (Å²) in [5, 5.41) is 14.7. The Balaban J connectivity index is 1.25. The van der Waals surface area contributed by atoms with Gasteiger partial charge < -0.3 is 14.9 Å². The molecule has 0 saturated carbocycles. The van der Waals surface area contributed by atoms with Crippen LogP contribution in [0.3, 0.4) is 0 Å². The van der Waals surface area contributed by atoms with E-state index in [9.17, 15) is 14.7 Å². The Morgan fingerprint density at radius 3 is 2.54 bits per heavy atom. The number of aliphatic hydroxyl groups excluding tert-OH is 1. The van der Waals surface area contributed by atoms with Crippen molar-refractivity contribution in [3.63, 3.8) is 0 Å². The van der Waals surface area contributed by atoms with Gasteiger partial charge in [0.2, 0.25) is 5.91 Å². The second-order valence-corrected chi connectivity index (χ2v) is 10.8. The van der Waals surface area contributed by atoms with Crippen LogP contribution < -0.4 is 0 Å². The molecule has 1 aromatic heterocycles. The first-order chi connectivity index (χ1) is 16.8. The third-order valence-corrected chi connectivity index (χ3v) is 8.58. The average Bonchev–Trinajstić information content (AvgIpc) is 3.46. The zero-order valence-corrected chi connectivity index (χ0v) is 21.3. The fraction of sp³-hybridized carbons (Fsp3) is 0.607. The normalized spacial score (nSPS) is 23.0. The number of carbonyl (C=O) groups is 2. The molecule has 0 radical (unpaired) electrons. The number of fused-ring (bicyclic) bond motifs is 1. The Kier molecular flexibility index (Phi) is 6.71. The smallest absolute Gasteiger partial charge is 0.274 e. The molecule has 2 amide bonds. The second kappa shape index (κ2) is 9.76. The molecule has 3 heterocycles. The molecule has 5 rings (SSSR count). The van der Waals surface area contributed by atoms with Gasteiger partial charge in [0.25, 0.3) is 5.91 Å². The number of hydrogen-bond acceptors (Lipinski definition) is 4. The lowest BCUT2D eigenvalue weighted by Gasteiger charge is -2.34. The van der Waals surface area contributed by atoms with Crippen molar-refractivity contribution in [1.82, 2.24) is 19.6 Å². The Morgan fingerprint density at radius 2 is 1.80 bits per heavy atom. The van der Waals surface area contributed by atoms with Gasteiger partial charge in [0.05, 0.1) is 6.10 Å².